The first-order chi connectivity index (χ1) is 8.56. The minimum absolute atomic E-state index is 0. The van der Waals surface area contributed by atoms with Gasteiger partial charge in [-0.15, -0.1) is 0 Å². The van der Waals surface area contributed by atoms with Gasteiger partial charge in [0.25, 0.3) is 5.91 Å². The number of rotatable bonds is 2. The number of nitrogens with one attached hydrogen (secondary N) is 1. The zero-order valence-electron chi connectivity index (χ0n) is 9.59. The summed E-state index contributed by atoms with van der Waals surface area (Å²) in [5.74, 6) is -0.782. The molecule has 4 N–H and O–H groups in total. The van der Waals surface area contributed by atoms with E-state index in [0.717, 1.165) is 0 Å². The Hall–Kier alpha value is -1.95. The molecule has 2 aromatic rings. The van der Waals surface area contributed by atoms with Crippen LogP contribution in [0.4, 0.5) is 5.69 Å². The molecule has 0 aliphatic heterocycles. The number of aromatic hydroxyl groups is 3. The Kier molecular flexibility index (Phi) is 5.00. The summed E-state index contributed by atoms with van der Waals surface area (Å²) in [7, 11) is 0. The van der Waals surface area contributed by atoms with Gasteiger partial charge >= 0.3 is 22.4 Å². The van der Waals surface area contributed by atoms with E-state index in [1.165, 1.54) is 42.5 Å². The average Bonchev–Trinajstić information content (AvgIpc) is 2.35. The number of carbonyl (C=O) groups is 1. The summed E-state index contributed by atoms with van der Waals surface area (Å²) in [6, 6.07) is 9.59. The maximum absolute atomic E-state index is 11.8. The Morgan fingerprint density at radius 2 is 1.47 bits per heavy atom. The fraction of sp³-hybridized carbons (Fsp3) is 0. The number of hydrogen-bond acceptors (Lipinski definition) is 4. The fourth-order valence-corrected chi connectivity index (χ4v) is 1.45. The molecule has 0 aliphatic rings. The van der Waals surface area contributed by atoms with Crippen LogP contribution >= 0.6 is 0 Å². The second-order valence-corrected chi connectivity index (χ2v) is 3.70. The van der Waals surface area contributed by atoms with Crippen LogP contribution in [0, 0.1) is 0 Å². The van der Waals surface area contributed by atoms with E-state index in [1.54, 1.807) is 0 Å². The third kappa shape index (κ3) is 3.75. The van der Waals surface area contributed by atoms with Crippen LogP contribution in [-0.4, -0.2) is 21.2 Å². The van der Waals surface area contributed by atoms with Gasteiger partial charge in [-0.3, -0.25) is 4.79 Å². The van der Waals surface area contributed by atoms with Crippen molar-refractivity contribution in [2.45, 2.75) is 0 Å². The normalized spacial score (nSPS) is 9.47. The Balaban J connectivity index is 0.00000180. The van der Waals surface area contributed by atoms with Crippen LogP contribution in [0.1, 0.15) is 10.4 Å². The van der Waals surface area contributed by atoms with E-state index < -0.39 is 5.91 Å². The van der Waals surface area contributed by atoms with Crippen LogP contribution in [0.15, 0.2) is 42.5 Å². The quantitative estimate of drug-likeness (QED) is 0.492. The molecule has 1 amide bonds. The molecule has 0 heterocycles. The Labute approximate surface area is 125 Å². The van der Waals surface area contributed by atoms with Crippen LogP contribution < -0.4 is 5.32 Å². The van der Waals surface area contributed by atoms with Crippen LogP contribution in [0.5, 0.6) is 17.2 Å². The van der Waals surface area contributed by atoms with Gasteiger partial charge in [-0.25, -0.2) is 0 Å². The zero-order valence-corrected chi connectivity index (χ0v) is 11.1. The smallest absolute Gasteiger partial charge is 0.508 e. The summed E-state index contributed by atoms with van der Waals surface area (Å²) >= 11 is 0. The van der Waals surface area contributed by atoms with Crippen molar-refractivity contribution in [2.75, 3.05) is 5.32 Å². The zero-order chi connectivity index (χ0) is 13.1. The third-order valence-corrected chi connectivity index (χ3v) is 2.35. The molecule has 0 saturated heterocycles. The van der Waals surface area contributed by atoms with E-state index in [-0.39, 0.29) is 45.2 Å². The summed E-state index contributed by atoms with van der Waals surface area (Å²) in [6.45, 7) is 0. The summed E-state index contributed by atoms with van der Waals surface area (Å²) in [4.78, 5) is 11.8. The predicted molar refractivity (Wildman–Crippen MR) is 65.8 cm³/mol. The van der Waals surface area contributed by atoms with Crippen LogP contribution in [0.3, 0.4) is 0 Å². The van der Waals surface area contributed by atoms with Crippen molar-refractivity contribution < 1.29 is 42.5 Å². The van der Waals surface area contributed by atoms with Crippen LogP contribution in [-0.2, 0) is 22.4 Å². The summed E-state index contributed by atoms with van der Waals surface area (Å²) < 4.78 is 0. The van der Waals surface area contributed by atoms with Crippen molar-refractivity contribution >= 4 is 11.6 Å². The van der Waals surface area contributed by atoms with E-state index in [9.17, 15) is 15.0 Å². The van der Waals surface area contributed by atoms with Gasteiger partial charge in [0.05, 0.1) is 5.56 Å². The van der Waals surface area contributed by atoms with Crippen molar-refractivity contribution in [1.29, 1.82) is 0 Å². The first-order valence-electron chi connectivity index (χ1n) is 5.18. The van der Waals surface area contributed by atoms with Gasteiger partial charge < -0.3 is 20.6 Å². The Morgan fingerprint density at radius 3 is 2.11 bits per heavy atom. The number of phenols is 3. The molecule has 0 atom stereocenters. The van der Waals surface area contributed by atoms with Crippen LogP contribution in [0.2, 0.25) is 0 Å². The predicted octanol–water partition coefficient (Wildman–Crippen LogP) is 2.05. The number of phenolic OH excluding ortho intramolecular Hbond substituents is 3. The summed E-state index contributed by atoms with van der Waals surface area (Å²) in [6.07, 6.45) is 0. The fourth-order valence-electron chi connectivity index (χ4n) is 1.45. The van der Waals surface area contributed by atoms with Gasteiger partial charge in [0, 0.05) is 5.69 Å². The third-order valence-electron chi connectivity index (χ3n) is 2.35. The largest absolute Gasteiger partial charge is 1.00 e. The minimum Gasteiger partial charge on any atom is -0.508 e. The van der Waals surface area contributed by atoms with Gasteiger partial charge in [-0.2, -0.15) is 0 Å². The Morgan fingerprint density at radius 1 is 0.895 bits per heavy atom. The molecule has 0 aromatic heterocycles. The maximum atomic E-state index is 11.8. The molecular weight excluding hydrogens is 342 g/mol. The second-order valence-electron chi connectivity index (χ2n) is 3.70. The number of benzene rings is 2. The molecule has 0 radical (unpaired) electrons. The molecular formula is C13H11AgNO4+. The van der Waals surface area contributed by atoms with E-state index in [0.29, 0.717) is 5.69 Å². The van der Waals surface area contributed by atoms with E-state index in [4.69, 9.17) is 5.11 Å². The van der Waals surface area contributed by atoms with Crippen molar-refractivity contribution in [2.24, 2.45) is 0 Å². The summed E-state index contributed by atoms with van der Waals surface area (Å²) in [5, 5.41) is 30.4. The monoisotopic (exact) mass is 352 g/mol. The van der Waals surface area contributed by atoms with Gasteiger partial charge in [0.1, 0.15) is 17.2 Å². The number of hydrogen-bond donors (Lipinski definition) is 4. The van der Waals surface area contributed by atoms with E-state index in [2.05, 4.69) is 5.32 Å². The molecule has 0 fully saturated rings. The second kappa shape index (κ2) is 6.29. The molecule has 2 aromatic carbocycles. The van der Waals surface area contributed by atoms with Gasteiger partial charge in [-0.05, 0) is 42.5 Å². The topological polar surface area (TPSA) is 89.8 Å². The van der Waals surface area contributed by atoms with Gasteiger partial charge in [0.15, 0.2) is 0 Å². The van der Waals surface area contributed by atoms with E-state index in [1.807, 2.05) is 0 Å². The van der Waals surface area contributed by atoms with Gasteiger partial charge in [-0.1, -0.05) is 0 Å². The molecule has 2 rings (SSSR count). The van der Waals surface area contributed by atoms with E-state index >= 15 is 0 Å². The van der Waals surface area contributed by atoms with Crippen molar-refractivity contribution in [3.8, 4) is 17.2 Å². The summed E-state index contributed by atoms with van der Waals surface area (Å²) in [5.41, 5.74) is 0.448. The molecule has 5 nitrogen and oxygen atoms in total. The molecule has 0 saturated carbocycles. The Bertz CT molecular complexity index is 584. The SMILES string of the molecule is O=C(Nc1ccc(O)cc1)c1cc(O)ccc1O.[Ag+]. The standard InChI is InChI=1S/C13H11NO4.Ag/c15-9-3-1-8(2-4-9)14-13(18)11-7-10(16)5-6-12(11)17;/h1-7,15-17H,(H,14,18);/q;+1. The molecule has 0 bridgehead atoms. The molecule has 0 unspecified atom stereocenters. The van der Waals surface area contributed by atoms with Gasteiger partial charge in [0.2, 0.25) is 0 Å². The molecule has 0 spiro atoms. The van der Waals surface area contributed by atoms with Crippen molar-refractivity contribution in [1.82, 2.24) is 0 Å². The first kappa shape index (κ1) is 15.1. The molecule has 102 valence electrons. The number of carbonyl (C=O) groups excluding carboxylic acids is 1. The molecule has 19 heavy (non-hydrogen) atoms. The number of amides is 1. The molecule has 6 heteroatoms. The molecule has 0 aliphatic carbocycles. The maximum Gasteiger partial charge on any atom is 1.00 e. The van der Waals surface area contributed by atoms with Crippen molar-refractivity contribution in [3.63, 3.8) is 0 Å². The average molecular weight is 353 g/mol. The number of anilines is 1. The van der Waals surface area contributed by atoms with Crippen LogP contribution in [0.25, 0.3) is 0 Å². The minimum atomic E-state index is -0.547. The van der Waals surface area contributed by atoms with Crippen molar-refractivity contribution in [3.05, 3.63) is 48.0 Å². The first-order valence-corrected chi connectivity index (χ1v) is 5.18.